The number of nitrogens with two attached hydrogens (primary N) is 1. The molecule has 106 valence electrons. The van der Waals surface area contributed by atoms with Crippen molar-refractivity contribution in [3.8, 4) is 0 Å². The third-order valence-corrected chi connectivity index (χ3v) is 3.12. The minimum absolute atomic E-state index is 0.0856. The van der Waals surface area contributed by atoms with Gasteiger partial charge in [0.2, 0.25) is 0 Å². The van der Waals surface area contributed by atoms with Gasteiger partial charge in [-0.05, 0) is 12.1 Å². The van der Waals surface area contributed by atoms with Gasteiger partial charge >= 0.3 is 0 Å². The number of benzene rings is 1. The van der Waals surface area contributed by atoms with Crippen molar-refractivity contribution in [1.29, 1.82) is 0 Å². The minimum atomic E-state index is -0.0856. The van der Waals surface area contributed by atoms with E-state index in [9.17, 15) is 4.79 Å². The molecule has 0 saturated heterocycles. The Hall–Kier alpha value is -2.27. The fraction of sp³-hybridized carbons (Fsp3) is 0.267. The van der Waals surface area contributed by atoms with Gasteiger partial charge in [-0.15, -0.1) is 6.58 Å². The van der Waals surface area contributed by atoms with Crippen LogP contribution in [0.25, 0.3) is 10.9 Å². The van der Waals surface area contributed by atoms with Gasteiger partial charge in [0.25, 0.3) is 5.91 Å². The van der Waals surface area contributed by atoms with Gasteiger partial charge in [-0.1, -0.05) is 18.2 Å². The molecular formula is C15H19N3O2. The van der Waals surface area contributed by atoms with Crippen molar-refractivity contribution in [2.24, 2.45) is 0 Å². The Bertz CT molecular complexity index is 619. The average molecular weight is 273 g/mol. The SMILES string of the molecule is C=CCN(CCOC)C(=O)c1cc2cccc(N)c2[nH]1. The van der Waals surface area contributed by atoms with Crippen molar-refractivity contribution >= 4 is 22.5 Å². The predicted molar refractivity (Wildman–Crippen MR) is 80.7 cm³/mol. The molecule has 1 aromatic carbocycles. The van der Waals surface area contributed by atoms with Crippen molar-refractivity contribution in [2.75, 3.05) is 32.5 Å². The van der Waals surface area contributed by atoms with Gasteiger partial charge in [0.05, 0.1) is 17.8 Å². The Morgan fingerprint density at radius 2 is 2.35 bits per heavy atom. The third kappa shape index (κ3) is 2.83. The van der Waals surface area contributed by atoms with Crippen LogP contribution in [0.1, 0.15) is 10.5 Å². The molecule has 1 aromatic heterocycles. The molecule has 0 aliphatic heterocycles. The standard InChI is InChI=1S/C15H19N3O2/c1-3-7-18(8-9-20-2)15(19)13-10-11-5-4-6-12(16)14(11)17-13/h3-6,10,17H,1,7-9,16H2,2H3. The second-order valence-electron chi connectivity index (χ2n) is 4.53. The number of aromatic amines is 1. The van der Waals surface area contributed by atoms with Crippen LogP contribution in [0.2, 0.25) is 0 Å². The topological polar surface area (TPSA) is 71.3 Å². The van der Waals surface area contributed by atoms with Crippen LogP contribution in [0.5, 0.6) is 0 Å². The van der Waals surface area contributed by atoms with Gasteiger partial charge in [-0.2, -0.15) is 0 Å². The van der Waals surface area contributed by atoms with Crippen LogP contribution in [-0.4, -0.2) is 42.6 Å². The van der Waals surface area contributed by atoms with Crippen LogP contribution < -0.4 is 5.73 Å². The first kappa shape index (κ1) is 14.1. The van der Waals surface area contributed by atoms with Crippen LogP contribution in [-0.2, 0) is 4.74 Å². The largest absolute Gasteiger partial charge is 0.397 e. The van der Waals surface area contributed by atoms with E-state index >= 15 is 0 Å². The number of nitrogens with one attached hydrogen (secondary N) is 1. The first-order valence-electron chi connectivity index (χ1n) is 6.43. The molecule has 0 atom stereocenters. The normalized spacial score (nSPS) is 10.7. The number of rotatable bonds is 6. The summed E-state index contributed by atoms with van der Waals surface area (Å²) in [4.78, 5) is 17.2. The molecule has 20 heavy (non-hydrogen) atoms. The van der Waals surface area contributed by atoms with E-state index < -0.39 is 0 Å². The maximum Gasteiger partial charge on any atom is 0.270 e. The van der Waals surface area contributed by atoms with Crippen LogP contribution >= 0.6 is 0 Å². The predicted octanol–water partition coefficient (Wildman–Crippen LogP) is 2.02. The van der Waals surface area contributed by atoms with Crippen molar-refractivity contribution < 1.29 is 9.53 Å². The van der Waals surface area contributed by atoms with E-state index in [4.69, 9.17) is 10.5 Å². The molecule has 3 N–H and O–H groups in total. The molecule has 5 heteroatoms. The lowest BCUT2D eigenvalue weighted by Crippen LogP contribution is -2.34. The van der Waals surface area contributed by atoms with Crippen molar-refractivity contribution in [1.82, 2.24) is 9.88 Å². The summed E-state index contributed by atoms with van der Waals surface area (Å²) in [5.41, 5.74) is 7.84. The van der Waals surface area contributed by atoms with E-state index in [1.165, 1.54) is 0 Å². The number of carbonyl (C=O) groups excluding carboxylic acids is 1. The summed E-state index contributed by atoms with van der Waals surface area (Å²) < 4.78 is 5.02. The molecule has 0 saturated carbocycles. The lowest BCUT2D eigenvalue weighted by molar-refractivity contribution is 0.0713. The van der Waals surface area contributed by atoms with E-state index in [-0.39, 0.29) is 5.91 Å². The highest BCUT2D eigenvalue weighted by atomic mass is 16.5. The first-order valence-corrected chi connectivity index (χ1v) is 6.43. The van der Waals surface area contributed by atoms with E-state index in [0.29, 0.717) is 31.1 Å². The summed E-state index contributed by atoms with van der Waals surface area (Å²) in [5, 5.41) is 0.929. The molecule has 0 aliphatic carbocycles. The highest BCUT2D eigenvalue weighted by Gasteiger charge is 2.17. The zero-order chi connectivity index (χ0) is 14.5. The molecule has 0 unspecified atom stereocenters. The molecule has 2 aromatic rings. The molecule has 1 heterocycles. The minimum Gasteiger partial charge on any atom is -0.397 e. The van der Waals surface area contributed by atoms with Crippen molar-refractivity contribution in [3.63, 3.8) is 0 Å². The number of hydrogen-bond donors (Lipinski definition) is 2. The summed E-state index contributed by atoms with van der Waals surface area (Å²) in [6.07, 6.45) is 1.70. The highest BCUT2D eigenvalue weighted by Crippen LogP contribution is 2.21. The monoisotopic (exact) mass is 273 g/mol. The smallest absolute Gasteiger partial charge is 0.270 e. The molecule has 0 fully saturated rings. The molecule has 0 bridgehead atoms. The Morgan fingerprint density at radius 3 is 3.00 bits per heavy atom. The van der Waals surface area contributed by atoms with Crippen LogP contribution in [0, 0.1) is 0 Å². The zero-order valence-corrected chi connectivity index (χ0v) is 11.6. The number of hydrogen-bond acceptors (Lipinski definition) is 3. The maximum atomic E-state index is 12.5. The Kier molecular flexibility index (Phi) is 4.42. The van der Waals surface area contributed by atoms with Gasteiger partial charge in [-0.25, -0.2) is 0 Å². The van der Waals surface area contributed by atoms with Crippen LogP contribution in [0.4, 0.5) is 5.69 Å². The lowest BCUT2D eigenvalue weighted by Gasteiger charge is -2.19. The fourth-order valence-electron chi connectivity index (χ4n) is 2.10. The van der Waals surface area contributed by atoms with Crippen molar-refractivity contribution in [2.45, 2.75) is 0 Å². The molecule has 0 aliphatic rings. The van der Waals surface area contributed by atoms with E-state index in [0.717, 1.165) is 10.9 Å². The number of anilines is 1. The molecule has 0 spiro atoms. The molecule has 0 radical (unpaired) electrons. The summed E-state index contributed by atoms with van der Waals surface area (Å²) >= 11 is 0. The zero-order valence-electron chi connectivity index (χ0n) is 11.6. The summed E-state index contributed by atoms with van der Waals surface area (Å²) in [6.45, 7) is 5.16. The number of H-pyrrole nitrogens is 1. The first-order chi connectivity index (χ1) is 9.67. The molecule has 1 amide bonds. The number of methoxy groups -OCH3 is 1. The van der Waals surface area contributed by atoms with E-state index in [1.54, 1.807) is 24.2 Å². The lowest BCUT2D eigenvalue weighted by atomic mass is 10.2. The number of nitrogens with zero attached hydrogens (tertiary/aromatic N) is 1. The second-order valence-corrected chi connectivity index (χ2v) is 4.53. The Morgan fingerprint density at radius 1 is 1.55 bits per heavy atom. The molecule has 5 nitrogen and oxygen atoms in total. The number of ether oxygens (including phenoxy) is 1. The van der Waals surface area contributed by atoms with Crippen LogP contribution in [0.15, 0.2) is 36.9 Å². The van der Waals surface area contributed by atoms with Gasteiger partial charge in [0.15, 0.2) is 0 Å². The average Bonchev–Trinajstić information content (AvgIpc) is 2.88. The number of para-hydroxylation sites is 1. The number of amides is 1. The van der Waals surface area contributed by atoms with Gasteiger partial charge in [0.1, 0.15) is 5.69 Å². The van der Waals surface area contributed by atoms with Crippen molar-refractivity contribution in [3.05, 3.63) is 42.6 Å². The second kappa shape index (κ2) is 6.25. The third-order valence-electron chi connectivity index (χ3n) is 3.12. The summed E-state index contributed by atoms with van der Waals surface area (Å²) in [6, 6.07) is 7.41. The Balaban J connectivity index is 2.28. The number of carbonyl (C=O) groups is 1. The maximum absolute atomic E-state index is 12.5. The number of fused-ring (bicyclic) bond motifs is 1. The summed E-state index contributed by atoms with van der Waals surface area (Å²) in [5.74, 6) is -0.0856. The fourth-order valence-corrected chi connectivity index (χ4v) is 2.10. The summed E-state index contributed by atoms with van der Waals surface area (Å²) in [7, 11) is 1.61. The van der Waals surface area contributed by atoms with E-state index in [1.807, 2.05) is 18.2 Å². The van der Waals surface area contributed by atoms with Gasteiger partial charge in [-0.3, -0.25) is 4.79 Å². The van der Waals surface area contributed by atoms with Gasteiger partial charge in [0, 0.05) is 25.6 Å². The molecular weight excluding hydrogens is 254 g/mol. The number of aromatic nitrogens is 1. The van der Waals surface area contributed by atoms with E-state index in [2.05, 4.69) is 11.6 Å². The van der Waals surface area contributed by atoms with Gasteiger partial charge < -0.3 is 20.4 Å². The van der Waals surface area contributed by atoms with Crippen LogP contribution in [0.3, 0.4) is 0 Å². The molecule has 2 rings (SSSR count). The quantitative estimate of drug-likeness (QED) is 0.625. The Labute approximate surface area is 118 Å². The highest BCUT2D eigenvalue weighted by molar-refractivity contribution is 6.00. The number of nitrogen functional groups attached to an aromatic ring is 1.